The third kappa shape index (κ3) is 4.65. The Labute approximate surface area is 183 Å². The van der Waals surface area contributed by atoms with Crippen LogP contribution in [0, 0.1) is 19.8 Å². The summed E-state index contributed by atoms with van der Waals surface area (Å²) in [5, 5.41) is 7.60. The molecule has 1 unspecified atom stereocenters. The van der Waals surface area contributed by atoms with Crippen LogP contribution in [0.1, 0.15) is 86.5 Å². The normalized spacial score (nSPS) is 23.3. The van der Waals surface area contributed by atoms with Crippen LogP contribution in [0.4, 0.5) is 0 Å². The van der Waals surface area contributed by atoms with Crippen molar-refractivity contribution in [1.29, 1.82) is 0 Å². The van der Waals surface area contributed by atoms with Crippen LogP contribution < -0.4 is 0 Å². The summed E-state index contributed by atoms with van der Waals surface area (Å²) >= 11 is 0. The van der Waals surface area contributed by atoms with E-state index in [9.17, 15) is 0 Å². The number of hydrogen-bond acceptors (Lipinski definition) is 3. The molecule has 164 valence electrons. The molecule has 4 heteroatoms. The van der Waals surface area contributed by atoms with Gasteiger partial charge in [0, 0.05) is 36.4 Å². The number of nitrogens with one attached hydrogen (secondary N) is 1. The topological polar surface area (TPSA) is 35.2 Å². The lowest BCUT2D eigenvalue weighted by Gasteiger charge is -2.42. The molecule has 1 aromatic carbocycles. The SMILES string of the molecule is Cc1n[nH]c(C)c1C(C)N(C[C@H]1C[C@H](c2ccc(CN3CCCC3)cc2)C1)C(C)C. The van der Waals surface area contributed by atoms with Gasteiger partial charge in [-0.15, -0.1) is 0 Å². The second-order valence-electron chi connectivity index (χ2n) is 10.1. The fraction of sp³-hybridized carbons (Fsp3) is 0.654. The van der Waals surface area contributed by atoms with E-state index >= 15 is 0 Å². The van der Waals surface area contributed by atoms with E-state index in [1.165, 1.54) is 62.1 Å². The highest BCUT2D eigenvalue weighted by Gasteiger charge is 2.34. The average molecular weight is 409 g/mol. The smallest absolute Gasteiger partial charge is 0.0641 e. The largest absolute Gasteiger partial charge is 0.299 e. The van der Waals surface area contributed by atoms with Crippen LogP contribution in [0.5, 0.6) is 0 Å². The Balaban J connectivity index is 1.31. The molecule has 1 N–H and O–H groups in total. The maximum Gasteiger partial charge on any atom is 0.0641 e. The van der Waals surface area contributed by atoms with Crippen molar-refractivity contribution >= 4 is 0 Å². The molecule has 4 nitrogen and oxygen atoms in total. The van der Waals surface area contributed by atoms with E-state index in [4.69, 9.17) is 0 Å². The second-order valence-corrected chi connectivity index (χ2v) is 10.1. The first-order valence-corrected chi connectivity index (χ1v) is 12.0. The summed E-state index contributed by atoms with van der Waals surface area (Å²) in [6.07, 6.45) is 5.39. The third-order valence-electron chi connectivity index (χ3n) is 7.52. The molecule has 30 heavy (non-hydrogen) atoms. The zero-order valence-corrected chi connectivity index (χ0v) is 19.6. The Hall–Kier alpha value is -1.65. The van der Waals surface area contributed by atoms with Crippen molar-refractivity contribution in [3.8, 4) is 0 Å². The van der Waals surface area contributed by atoms with Gasteiger partial charge in [0.15, 0.2) is 0 Å². The molecule has 2 aromatic rings. The molecule has 0 bridgehead atoms. The quantitative estimate of drug-likeness (QED) is 0.618. The molecule has 1 aromatic heterocycles. The molecule has 1 saturated heterocycles. The fourth-order valence-corrected chi connectivity index (χ4v) is 5.71. The van der Waals surface area contributed by atoms with Gasteiger partial charge in [-0.05, 0) is 96.4 Å². The maximum absolute atomic E-state index is 4.43. The first kappa shape index (κ1) is 21.6. The molecule has 1 aliphatic heterocycles. The second kappa shape index (κ2) is 9.23. The van der Waals surface area contributed by atoms with E-state index in [0.29, 0.717) is 12.1 Å². The molecule has 0 amide bonds. The number of aromatic nitrogens is 2. The lowest BCUT2D eigenvalue weighted by molar-refractivity contribution is 0.0974. The van der Waals surface area contributed by atoms with Gasteiger partial charge >= 0.3 is 0 Å². The number of hydrogen-bond donors (Lipinski definition) is 1. The van der Waals surface area contributed by atoms with Crippen molar-refractivity contribution in [2.24, 2.45) is 5.92 Å². The molecule has 0 radical (unpaired) electrons. The van der Waals surface area contributed by atoms with Gasteiger partial charge in [-0.3, -0.25) is 14.9 Å². The van der Waals surface area contributed by atoms with Gasteiger partial charge in [-0.1, -0.05) is 24.3 Å². The molecule has 4 rings (SSSR count). The minimum absolute atomic E-state index is 0.410. The number of rotatable bonds is 8. The Morgan fingerprint density at radius 3 is 2.30 bits per heavy atom. The van der Waals surface area contributed by atoms with Gasteiger partial charge < -0.3 is 0 Å². The predicted molar refractivity (Wildman–Crippen MR) is 125 cm³/mol. The highest BCUT2D eigenvalue weighted by Crippen LogP contribution is 2.43. The summed E-state index contributed by atoms with van der Waals surface area (Å²) in [4.78, 5) is 5.25. The lowest BCUT2D eigenvalue weighted by Crippen LogP contribution is -2.41. The number of aryl methyl sites for hydroxylation is 2. The Morgan fingerprint density at radius 1 is 1.07 bits per heavy atom. The van der Waals surface area contributed by atoms with Crippen LogP contribution in [0.3, 0.4) is 0 Å². The summed E-state index contributed by atoms with van der Waals surface area (Å²) < 4.78 is 0. The van der Waals surface area contributed by atoms with Gasteiger partial charge in [0.2, 0.25) is 0 Å². The number of likely N-dealkylation sites (tertiary alicyclic amines) is 1. The van der Waals surface area contributed by atoms with Crippen LogP contribution in [0.15, 0.2) is 24.3 Å². The van der Waals surface area contributed by atoms with E-state index in [2.05, 4.69) is 78.9 Å². The van der Waals surface area contributed by atoms with Crippen molar-refractivity contribution in [2.45, 2.75) is 84.8 Å². The van der Waals surface area contributed by atoms with Gasteiger partial charge in [-0.25, -0.2) is 0 Å². The monoisotopic (exact) mass is 408 g/mol. The summed E-state index contributed by atoms with van der Waals surface area (Å²) in [6, 6.07) is 10.5. The molecule has 2 aliphatic rings. The molecular weight excluding hydrogens is 368 g/mol. The summed E-state index contributed by atoms with van der Waals surface area (Å²) in [7, 11) is 0. The number of H-pyrrole nitrogens is 1. The number of benzene rings is 1. The first-order chi connectivity index (χ1) is 14.4. The van der Waals surface area contributed by atoms with Gasteiger partial charge in [0.1, 0.15) is 0 Å². The van der Waals surface area contributed by atoms with Gasteiger partial charge in [0.25, 0.3) is 0 Å². The minimum Gasteiger partial charge on any atom is -0.299 e. The zero-order valence-electron chi connectivity index (χ0n) is 19.6. The summed E-state index contributed by atoms with van der Waals surface area (Å²) in [5.74, 6) is 1.55. The summed E-state index contributed by atoms with van der Waals surface area (Å²) in [5.41, 5.74) is 6.76. The highest BCUT2D eigenvalue weighted by molar-refractivity contribution is 5.28. The average Bonchev–Trinajstić information content (AvgIpc) is 3.30. The Morgan fingerprint density at radius 2 is 1.73 bits per heavy atom. The molecule has 1 saturated carbocycles. The van der Waals surface area contributed by atoms with Crippen LogP contribution in [-0.2, 0) is 6.54 Å². The van der Waals surface area contributed by atoms with E-state index in [1.807, 2.05) is 0 Å². The van der Waals surface area contributed by atoms with Crippen molar-refractivity contribution in [1.82, 2.24) is 20.0 Å². The molecule has 1 aliphatic carbocycles. The zero-order chi connectivity index (χ0) is 21.3. The van der Waals surface area contributed by atoms with Crippen LogP contribution in [0.2, 0.25) is 0 Å². The van der Waals surface area contributed by atoms with E-state index in [-0.39, 0.29) is 0 Å². The van der Waals surface area contributed by atoms with Gasteiger partial charge in [-0.2, -0.15) is 5.10 Å². The van der Waals surface area contributed by atoms with Gasteiger partial charge in [0.05, 0.1) is 5.69 Å². The van der Waals surface area contributed by atoms with Crippen LogP contribution >= 0.6 is 0 Å². The van der Waals surface area contributed by atoms with Crippen molar-refractivity contribution in [3.63, 3.8) is 0 Å². The number of aromatic amines is 1. The minimum atomic E-state index is 0.410. The van der Waals surface area contributed by atoms with Crippen LogP contribution in [-0.4, -0.2) is 45.7 Å². The molecule has 2 fully saturated rings. The third-order valence-corrected chi connectivity index (χ3v) is 7.52. The van der Waals surface area contributed by atoms with E-state index < -0.39 is 0 Å². The lowest BCUT2D eigenvalue weighted by atomic mass is 9.71. The Kier molecular flexibility index (Phi) is 6.64. The fourth-order valence-electron chi connectivity index (χ4n) is 5.71. The Bertz CT molecular complexity index is 791. The molecule has 0 spiro atoms. The first-order valence-electron chi connectivity index (χ1n) is 12.0. The highest BCUT2D eigenvalue weighted by atomic mass is 15.2. The van der Waals surface area contributed by atoms with E-state index in [0.717, 1.165) is 24.1 Å². The maximum atomic E-state index is 4.43. The number of nitrogens with zero attached hydrogens (tertiary/aromatic N) is 3. The predicted octanol–water partition coefficient (Wildman–Crippen LogP) is 5.59. The van der Waals surface area contributed by atoms with Crippen molar-refractivity contribution < 1.29 is 0 Å². The van der Waals surface area contributed by atoms with E-state index in [1.54, 1.807) is 5.56 Å². The summed E-state index contributed by atoms with van der Waals surface area (Å²) in [6.45, 7) is 16.1. The molecular formula is C26H40N4. The van der Waals surface area contributed by atoms with Crippen molar-refractivity contribution in [3.05, 3.63) is 52.3 Å². The standard InChI is InChI=1S/C26H40N4/c1-18(2)30(21(5)26-19(3)27-28-20(26)4)17-23-14-25(15-23)24-10-8-22(9-11-24)16-29-12-6-7-13-29/h8-11,18,21,23,25H,6-7,12-17H2,1-5H3,(H,27,28)/t21?,23-,25-. The molecule has 1 atom stereocenters. The van der Waals surface area contributed by atoms with Crippen molar-refractivity contribution in [2.75, 3.05) is 19.6 Å². The van der Waals surface area contributed by atoms with Crippen LogP contribution in [0.25, 0.3) is 0 Å². The molecule has 2 heterocycles.